The molecule has 0 aliphatic heterocycles. The molecule has 1 aromatic rings. The molecule has 0 bridgehead atoms. The highest BCUT2D eigenvalue weighted by atomic mass is 35.5. The van der Waals surface area contributed by atoms with Gasteiger partial charge in [0, 0.05) is 26.1 Å². The Labute approximate surface area is 170 Å². The summed E-state index contributed by atoms with van der Waals surface area (Å²) in [5.74, 6) is -0.256. The van der Waals surface area contributed by atoms with Crippen molar-refractivity contribution in [2.24, 2.45) is 0 Å². The van der Waals surface area contributed by atoms with Crippen molar-refractivity contribution in [2.45, 2.75) is 91.8 Å². The van der Waals surface area contributed by atoms with Crippen molar-refractivity contribution >= 4 is 27.0 Å². The lowest BCUT2D eigenvalue weighted by molar-refractivity contribution is -0.241. The van der Waals surface area contributed by atoms with Crippen LogP contribution in [0.5, 0.6) is 0 Å². The predicted octanol–water partition coefficient (Wildman–Crippen LogP) is 6.42. The fourth-order valence-corrected chi connectivity index (χ4v) is 3.77. The summed E-state index contributed by atoms with van der Waals surface area (Å²) >= 11 is 0. The van der Waals surface area contributed by atoms with E-state index in [1.165, 1.54) is 60.5 Å². The first-order chi connectivity index (χ1) is 12.0. The summed E-state index contributed by atoms with van der Waals surface area (Å²) in [4.78, 5) is 0. The maximum atomic E-state index is 5.88. The van der Waals surface area contributed by atoms with E-state index in [4.69, 9.17) is 9.47 Å². The van der Waals surface area contributed by atoms with E-state index in [9.17, 15) is 0 Å². The van der Waals surface area contributed by atoms with Crippen molar-refractivity contribution < 1.29 is 9.47 Å². The molecule has 152 valence electrons. The molecule has 0 spiro atoms. The maximum Gasteiger partial charge on any atom is 0.168 e. The van der Waals surface area contributed by atoms with Crippen LogP contribution in [0.25, 0.3) is 0 Å². The van der Waals surface area contributed by atoms with Gasteiger partial charge >= 0.3 is 0 Å². The van der Waals surface area contributed by atoms with Gasteiger partial charge in [-0.15, -0.1) is 21.6 Å². The van der Waals surface area contributed by atoms with Crippen LogP contribution in [0, 0.1) is 20.8 Å². The highest BCUT2D eigenvalue weighted by molar-refractivity contribution is 7.27. The molecule has 0 amide bonds. The molecule has 1 aliphatic carbocycles. The Kier molecular flexibility index (Phi) is 13.9. The predicted molar refractivity (Wildman–Crippen MR) is 120 cm³/mol. The lowest BCUT2D eigenvalue weighted by Crippen LogP contribution is -2.36. The number of benzene rings is 1. The number of hydrogen-bond donors (Lipinski definition) is 0. The van der Waals surface area contributed by atoms with Crippen LogP contribution in [-0.4, -0.2) is 19.0 Å². The Morgan fingerprint density at radius 2 is 1.27 bits per heavy atom. The van der Waals surface area contributed by atoms with Gasteiger partial charge in [0.2, 0.25) is 0 Å². The summed E-state index contributed by atoms with van der Waals surface area (Å²) in [5, 5.41) is 1.31. The first-order valence-electron chi connectivity index (χ1n) is 10.1. The van der Waals surface area contributed by atoms with Gasteiger partial charge in [0.25, 0.3) is 0 Å². The Morgan fingerprint density at radius 3 is 1.69 bits per heavy atom. The topological polar surface area (TPSA) is 18.5 Å². The standard InChI is InChI=1S/C13H26O2.C9H13P.ClH/c1-3-14-13(15-4-2)11-9-7-5-6-8-10-12-13;1-6-4-5-9(10)8(3)7(6)2;/h3-12H2,1-2H3;4-5H,10H2,1-3H3;1H. The van der Waals surface area contributed by atoms with Crippen molar-refractivity contribution in [1.82, 2.24) is 0 Å². The third-order valence-corrected chi connectivity index (χ3v) is 5.91. The number of ether oxygens (including phenoxy) is 2. The quantitative estimate of drug-likeness (QED) is 0.427. The molecule has 1 fully saturated rings. The summed E-state index contributed by atoms with van der Waals surface area (Å²) in [6, 6.07) is 4.30. The lowest BCUT2D eigenvalue weighted by Gasteiger charge is -2.33. The van der Waals surface area contributed by atoms with Gasteiger partial charge in [-0.3, -0.25) is 0 Å². The van der Waals surface area contributed by atoms with E-state index in [-0.39, 0.29) is 18.2 Å². The second-order valence-electron chi connectivity index (χ2n) is 7.12. The maximum absolute atomic E-state index is 5.88. The van der Waals surface area contributed by atoms with Crippen molar-refractivity contribution in [2.75, 3.05) is 13.2 Å². The molecule has 26 heavy (non-hydrogen) atoms. The molecule has 0 heterocycles. The van der Waals surface area contributed by atoms with Crippen LogP contribution in [0.2, 0.25) is 0 Å². The smallest absolute Gasteiger partial charge is 0.168 e. The normalized spacial score (nSPS) is 17.0. The van der Waals surface area contributed by atoms with Crippen molar-refractivity contribution in [3.05, 3.63) is 28.8 Å². The van der Waals surface area contributed by atoms with Crippen molar-refractivity contribution in [3.63, 3.8) is 0 Å². The summed E-state index contributed by atoms with van der Waals surface area (Å²) in [7, 11) is 2.74. The fourth-order valence-electron chi connectivity index (χ4n) is 3.45. The number of aryl methyl sites for hydroxylation is 1. The van der Waals surface area contributed by atoms with E-state index in [1.54, 1.807) is 0 Å². The second-order valence-corrected chi connectivity index (χ2v) is 7.74. The average molecular weight is 403 g/mol. The molecule has 4 heteroatoms. The van der Waals surface area contributed by atoms with Crippen molar-refractivity contribution in [3.8, 4) is 0 Å². The van der Waals surface area contributed by atoms with Crippen LogP contribution >= 0.6 is 21.6 Å². The van der Waals surface area contributed by atoms with Crippen LogP contribution in [-0.2, 0) is 9.47 Å². The Morgan fingerprint density at radius 1 is 0.808 bits per heavy atom. The summed E-state index contributed by atoms with van der Waals surface area (Å²) in [5.41, 5.74) is 4.18. The molecule has 0 aromatic heterocycles. The third kappa shape index (κ3) is 8.70. The zero-order valence-electron chi connectivity index (χ0n) is 17.5. The van der Waals surface area contributed by atoms with E-state index in [1.807, 2.05) is 0 Å². The van der Waals surface area contributed by atoms with E-state index in [2.05, 4.69) is 56.0 Å². The zero-order valence-corrected chi connectivity index (χ0v) is 19.5. The molecule has 1 unspecified atom stereocenters. The summed E-state index contributed by atoms with van der Waals surface area (Å²) < 4.78 is 11.8. The van der Waals surface area contributed by atoms with E-state index >= 15 is 0 Å². The number of hydrogen-bond acceptors (Lipinski definition) is 2. The first kappa shape index (κ1) is 25.9. The molecule has 0 N–H and O–H groups in total. The number of halogens is 1. The Hall–Kier alpha value is -0.140. The molecule has 1 atom stereocenters. The highest BCUT2D eigenvalue weighted by Gasteiger charge is 2.30. The number of rotatable bonds is 4. The van der Waals surface area contributed by atoms with E-state index < -0.39 is 0 Å². The molecule has 0 saturated heterocycles. The van der Waals surface area contributed by atoms with Crippen LogP contribution in [0.4, 0.5) is 0 Å². The van der Waals surface area contributed by atoms with Gasteiger partial charge in [-0.25, -0.2) is 0 Å². The van der Waals surface area contributed by atoms with Gasteiger partial charge in [0.15, 0.2) is 5.79 Å². The highest BCUT2D eigenvalue weighted by Crippen LogP contribution is 2.30. The van der Waals surface area contributed by atoms with Crippen LogP contribution in [0.3, 0.4) is 0 Å². The van der Waals surface area contributed by atoms with Gasteiger partial charge < -0.3 is 9.47 Å². The fraction of sp³-hybridized carbons (Fsp3) is 0.727. The summed E-state index contributed by atoms with van der Waals surface area (Å²) in [6.45, 7) is 12.1. The minimum Gasteiger partial charge on any atom is -0.350 e. The summed E-state index contributed by atoms with van der Waals surface area (Å²) in [6.07, 6.45) is 10.1. The minimum absolute atomic E-state index is 0. The first-order valence-corrected chi connectivity index (χ1v) is 10.6. The van der Waals surface area contributed by atoms with Gasteiger partial charge in [0.05, 0.1) is 0 Å². The molecule has 1 aromatic carbocycles. The molecule has 1 saturated carbocycles. The minimum atomic E-state index is -0.256. The molecule has 2 nitrogen and oxygen atoms in total. The van der Waals surface area contributed by atoms with Crippen LogP contribution < -0.4 is 5.30 Å². The monoisotopic (exact) mass is 402 g/mol. The molecular formula is C22H40ClO2P. The molecule has 2 rings (SSSR count). The van der Waals surface area contributed by atoms with Crippen molar-refractivity contribution in [1.29, 1.82) is 0 Å². The van der Waals surface area contributed by atoms with Gasteiger partial charge in [-0.1, -0.05) is 37.8 Å². The molecular weight excluding hydrogens is 363 g/mol. The average Bonchev–Trinajstić information content (AvgIpc) is 2.70. The lowest BCUT2D eigenvalue weighted by atomic mass is 10.0. The SMILES string of the molecule is CCOC1(OCC)CCCCCCCC1.Cc1ccc(P)c(C)c1C.Cl. The van der Waals surface area contributed by atoms with E-state index in [0.29, 0.717) is 0 Å². The third-order valence-electron chi connectivity index (χ3n) is 5.28. The van der Waals surface area contributed by atoms with E-state index in [0.717, 1.165) is 26.1 Å². The van der Waals surface area contributed by atoms with Gasteiger partial charge in [-0.2, -0.15) is 0 Å². The van der Waals surface area contributed by atoms with Gasteiger partial charge in [0.1, 0.15) is 0 Å². The van der Waals surface area contributed by atoms with Crippen LogP contribution in [0.1, 0.15) is 81.9 Å². The van der Waals surface area contributed by atoms with Gasteiger partial charge in [-0.05, 0) is 69.5 Å². The second kappa shape index (κ2) is 13.9. The molecule has 0 radical (unpaired) electrons. The largest absolute Gasteiger partial charge is 0.350 e. The molecule has 1 aliphatic rings. The zero-order chi connectivity index (χ0) is 18.7. The van der Waals surface area contributed by atoms with Crippen LogP contribution in [0.15, 0.2) is 12.1 Å². The Bertz CT molecular complexity index is 460. The Balaban J connectivity index is 0.000000497.